The third-order valence-corrected chi connectivity index (χ3v) is 3.21. The van der Waals surface area contributed by atoms with E-state index in [-0.39, 0.29) is 5.78 Å². The number of unbranched alkanes of at least 4 members (excludes halogenated alkanes) is 1. The summed E-state index contributed by atoms with van der Waals surface area (Å²) in [6, 6.07) is 0. The first-order valence-electron chi connectivity index (χ1n) is 5.51. The lowest BCUT2D eigenvalue weighted by molar-refractivity contribution is -0.157. The number of hydrogen-bond acceptors (Lipinski definition) is 2. The van der Waals surface area contributed by atoms with Crippen LogP contribution in [0, 0.1) is 5.41 Å². The van der Waals surface area contributed by atoms with Gasteiger partial charge in [-0.3, -0.25) is 9.59 Å². The second kappa shape index (κ2) is 5.10. The minimum atomic E-state index is -1.08. The van der Waals surface area contributed by atoms with Crippen LogP contribution in [0.15, 0.2) is 12.7 Å². The van der Waals surface area contributed by atoms with E-state index in [4.69, 9.17) is 0 Å². The highest BCUT2D eigenvalue weighted by Gasteiger charge is 2.45. The molecule has 0 spiro atoms. The van der Waals surface area contributed by atoms with Crippen molar-refractivity contribution in [3.63, 3.8) is 0 Å². The van der Waals surface area contributed by atoms with E-state index < -0.39 is 11.4 Å². The second-order valence-corrected chi connectivity index (χ2v) is 4.20. The van der Waals surface area contributed by atoms with E-state index in [1.807, 2.05) is 0 Å². The van der Waals surface area contributed by atoms with Gasteiger partial charge in [0.05, 0.1) is 0 Å². The summed E-state index contributed by atoms with van der Waals surface area (Å²) in [6.45, 7) is 3.60. The molecule has 0 aromatic heterocycles. The molecule has 0 radical (unpaired) electrons. The first-order valence-corrected chi connectivity index (χ1v) is 5.51. The third kappa shape index (κ3) is 2.46. The van der Waals surface area contributed by atoms with Crippen LogP contribution in [0.2, 0.25) is 0 Å². The molecule has 0 aliphatic heterocycles. The van der Waals surface area contributed by atoms with Gasteiger partial charge in [0.25, 0.3) is 0 Å². The minimum absolute atomic E-state index is 0.0784. The van der Waals surface area contributed by atoms with E-state index in [1.165, 1.54) is 0 Å². The summed E-state index contributed by atoms with van der Waals surface area (Å²) in [7, 11) is 0. The Hall–Kier alpha value is -1.12. The van der Waals surface area contributed by atoms with Crippen LogP contribution in [0.3, 0.4) is 0 Å². The summed E-state index contributed by atoms with van der Waals surface area (Å²) in [6.07, 6.45) is 6.39. The summed E-state index contributed by atoms with van der Waals surface area (Å²) < 4.78 is 0. The van der Waals surface area contributed by atoms with Crippen molar-refractivity contribution in [3.8, 4) is 0 Å². The number of carbonyl (C=O) groups excluding carboxylic acids is 1. The Labute approximate surface area is 90.2 Å². The van der Waals surface area contributed by atoms with Crippen molar-refractivity contribution in [1.29, 1.82) is 0 Å². The summed E-state index contributed by atoms with van der Waals surface area (Å²) in [5.41, 5.74) is -1.08. The molecule has 0 heterocycles. The number of Topliss-reactive ketones (excluding diaryl/α,β-unsaturated/α-hetero) is 1. The Kier molecular flexibility index (Phi) is 4.06. The molecule has 0 amide bonds. The van der Waals surface area contributed by atoms with Gasteiger partial charge in [-0.15, -0.1) is 6.58 Å². The smallest absolute Gasteiger partial charge is 0.317 e. The molecule has 1 fully saturated rings. The third-order valence-electron chi connectivity index (χ3n) is 3.21. The zero-order valence-corrected chi connectivity index (χ0v) is 9.00. The maximum absolute atomic E-state index is 11.7. The fourth-order valence-electron chi connectivity index (χ4n) is 2.24. The number of carboxylic acids is 1. The lowest BCUT2D eigenvalue weighted by Crippen LogP contribution is -2.41. The molecule has 0 aromatic carbocycles. The van der Waals surface area contributed by atoms with Gasteiger partial charge in [0, 0.05) is 6.42 Å². The maximum Gasteiger partial charge on any atom is 0.317 e. The van der Waals surface area contributed by atoms with Crippen LogP contribution < -0.4 is 0 Å². The summed E-state index contributed by atoms with van der Waals surface area (Å²) in [4.78, 5) is 23.0. The van der Waals surface area contributed by atoms with E-state index in [0.29, 0.717) is 19.3 Å². The first kappa shape index (κ1) is 12.0. The molecule has 3 nitrogen and oxygen atoms in total. The average Bonchev–Trinajstić information content (AvgIpc) is 2.21. The van der Waals surface area contributed by atoms with Crippen molar-refractivity contribution in [3.05, 3.63) is 12.7 Å². The molecule has 1 N–H and O–H groups in total. The standard InChI is InChI=1S/C12H18O3/c1-2-3-5-8-12(11(14)15)9-6-4-7-10(12)13/h2H,1,3-9H2,(H,14,15). The van der Waals surface area contributed by atoms with Crippen molar-refractivity contribution >= 4 is 11.8 Å². The van der Waals surface area contributed by atoms with E-state index >= 15 is 0 Å². The number of carboxylic acid groups (broad SMARTS) is 1. The van der Waals surface area contributed by atoms with Crippen molar-refractivity contribution in [2.45, 2.75) is 44.9 Å². The number of allylic oxidation sites excluding steroid dienone is 1. The Morgan fingerprint density at radius 1 is 1.53 bits per heavy atom. The highest BCUT2D eigenvalue weighted by Crippen LogP contribution is 2.38. The van der Waals surface area contributed by atoms with Crippen LogP contribution in [0.4, 0.5) is 0 Å². The molecule has 1 unspecified atom stereocenters. The highest BCUT2D eigenvalue weighted by molar-refractivity contribution is 6.03. The van der Waals surface area contributed by atoms with Gasteiger partial charge in [0.2, 0.25) is 0 Å². The number of aliphatic carboxylic acids is 1. The van der Waals surface area contributed by atoms with E-state index in [1.54, 1.807) is 6.08 Å². The Balaban J connectivity index is 2.72. The van der Waals surface area contributed by atoms with Gasteiger partial charge < -0.3 is 5.11 Å². The molecule has 1 saturated carbocycles. The van der Waals surface area contributed by atoms with Crippen molar-refractivity contribution in [2.24, 2.45) is 5.41 Å². The van der Waals surface area contributed by atoms with Crippen molar-refractivity contribution in [2.75, 3.05) is 0 Å². The second-order valence-electron chi connectivity index (χ2n) is 4.20. The predicted molar refractivity (Wildman–Crippen MR) is 57.6 cm³/mol. The van der Waals surface area contributed by atoms with Crippen LogP contribution in [-0.4, -0.2) is 16.9 Å². The lowest BCUT2D eigenvalue weighted by Gasteiger charge is -2.31. The van der Waals surface area contributed by atoms with Crippen molar-refractivity contribution < 1.29 is 14.7 Å². The summed E-state index contributed by atoms with van der Waals surface area (Å²) in [5, 5.41) is 9.21. The SMILES string of the molecule is C=CCCCC1(C(=O)O)CCCCC1=O. The summed E-state index contributed by atoms with van der Waals surface area (Å²) >= 11 is 0. The Morgan fingerprint density at radius 3 is 2.80 bits per heavy atom. The van der Waals surface area contributed by atoms with E-state index in [2.05, 4.69) is 6.58 Å². The largest absolute Gasteiger partial charge is 0.480 e. The fraction of sp³-hybridized carbons (Fsp3) is 0.667. The van der Waals surface area contributed by atoms with Crippen LogP contribution in [0.5, 0.6) is 0 Å². The van der Waals surface area contributed by atoms with Crippen LogP contribution in [-0.2, 0) is 9.59 Å². The lowest BCUT2D eigenvalue weighted by atomic mass is 9.70. The normalized spacial score (nSPS) is 26.3. The zero-order chi connectivity index (χ0) is 11.3. The molecule has 1 rings (SSSR count). The van der Waals surface area contributed by atoms with Gasteiger partial charge >= 0.3 is 5.97 Å². The minimum Gasteiger partial charge on any atom is -0.480 e. The van der Waals surface area contributed by atoms with Crippen molar-refractivity contribution in [1.82, 2.24) is 0 Å². The topological polar surface area (TPSA) is 54.4 Å². The van der Waals surface area contributed by atoms with Gasteiger partial charge in [0.1, 0.15) is 11.2 Å². The van der Waals surface area contributed by atoms with Gasteiger partial charge in [0.15, 0.2) is 0 Å². The van der Waals surface area contributed by atoms with E-state index in [9.17, 15) is 14.7 Å². The molecule has 84 valence electrons. The molecule has 0 bridgehead atoms. The molecular formula is C12H18O3. The molecule has 1 aliphatic rings. The maximum atomic E-state index is 11.7. The summed E-state index contributed by atoms with van der Waals surface area (Å²) in [5.74, 6) is -1.01. The first-order chi connectivity index (χ1) is 7.13. The van der Waals surface area contributed by atoms with Gasteiger partial charge in [-0.1, -0.05) is 12.5 Å². The molecule has 0 aromatic rings. The number of carbonyl (C=O) groups is 2. The van der Waals surface area contributed by atoms with Crippen LogP contribution in [0.25, 0.3) is 0 Å². The number of hydrogen-bond donors (Lipinski definition) is 1. The zero-order valence-electron chi connectivity index (χ0n) is 9.00. The fourth-order valence-corrected chi connectivity index (χ4v) is 2.24. The number of ketones is 1. The Morgan fingerprint density at radius 2 is 2.27 bits per heavy atom. The highest BCUT2D eigenvalue weighted by atomic mass is 16.4. The Bertz CT molecular complexity index is 270. The molecule has 1 aliphatic carbocycles. The van der Waals surface area contributed by atoms with Crippen LogP contribution in [0.1, 0.15) is 44.9 Å². The van der Waals surface area contributed by atoms with E-state index in [0.717, 1.165) is 25.7 Å². The number of rotatable bonds is 5. The van der Waals surface area contributed by atoms with Gasteiger partial charge in [-0.25, -0.2) is 0 Å². The molecule has 1 atom stereocenters. The molecular weight excluding hydrogens is 192 g/mol. The molecule has 15 heavy (non-hydrogen) atoms. The van der Waals surface area contributed by atoms with Gasteiger partial charge in [-0.2, -0.15) is 0 Å². The predicted octanol–water partition coefficient (Wildman–Crippen LogP) is 2.56. The molecule has 3 heteroatoms. The quantitative estimate of drug-likeness (QED) is 0.431. The monoisotopic (exact) mass is 210 g/mol. The molecule has 0 saturated heterocycles. The average molecular weight is 210 g/mol. The van der Waals surface area contributed by atoms with Gasteiger partial charge in [-0.05, 0) is 32.1 Å². The van der Waals surface area contributed by atoms with Crippen LogP contribution >= 0.6 is 0 Å².